The van der Waals surface area contributed by atoms with Crippen LogP contribution >= 0.6 is 23.1 Å². The van der Waals surface area contributed by atoms with Crippen molar-refractivity contribution in [2.24, 2.45) is 5.73 Å². The summed E-state index contributed by atoms with van der Waals surface area (Å²) in [6, 6.07) is 12.3. The number of benzene rings is 2. The molecule has 0 fully saturated rings. The van der Waals surface area contributed by atoms with Gasteiger partial charge in [-0.05, 0) is 81.2 Å². The highest BCUT2D eigenvalue weighted by atomic mass is 35.5. The summed E-state index contributed by atoms with van der Waals surface area (Å²) in [5.41, 5.74) is 11.4. The molecule has 3 amide bonds. The highest BCUT2D eigenvalue weighted by molar-refractivity contribution is 7.09. The van der Waals surface area contributed by atoms with Crippen LogP contribution in [0.5, 0.6) is 5.75 Å². The smallest absolute Gasteiger partial charge is 0.273 e. The Hall–Kier alpha value is -3.63. The third kappa shape index (κ3) is 6.13. The first-order chi connectivity index (χ1) is 16.9. The van der Waals surface area contributed by atoms with E-state index in [2.05, 4.69) is 9.69 Å². The molecule has 9 nitrogen and oxygen atoms in total. The predicted octanol–water partition coefficient (Wildman–Crippen LogP) is 4.18. The topological polar surface area (TPSA) is 141 Å². The number of nitrogens with two attached hydrogens (primary N) is 2. The van der Waals surface area contributed by atoms with E-state index in [0.29, 0.717) is 28.6 Å². The lowest BCUT2D eigenvalue weighted by Gasteiger charge is -2.33. The number of carbonyl (C=O) groups is 3. The van der Waals surface area contributed by atoms with Gasteiger partial charge in [-0.15, -0.1) is 0 Å². The quantitative estimate of drug-likeness (QED) is 0.400. The zero-order chi connectivity index (χ0) is 26.6. The molecule has 1 aromatic heterocycles. The fourth-order valence-electron chi connectivity index (χ4n) is 3.49. The van der Waals surface area contributed by atoms with Gasteiger partial charge in [0.15, 0.2) is 5.69 Å². The molecule has 3 aromatic rings. The number of anilines is 2. The molecule has 190 valence electrons. The number of hydrogen-bond donors (Lipinski definition) is 3. The Balaban J connectivity index is 2.21. The van der Waals surface area contributed by atoms with E-state index in [4.69, 9.17) is 27.8 Å². The van der Waals surface area contributed by atoms with Gasteiger partial charge in [-0.3, -0.25) is 19.3 Å². The van der Waals surface area contributed by atoms with Crippen LogP contribution in [0.3, 0.4) is 0 Å². The summed E-state index contributed by atoms with van der Waals surface area (Å²) in [5.74, 6) is -1.30. The third-order valence-electron chi connectivity index (χ3n) is 4.99. The van der Waals surface area contributed by atoms with E-state index >= 15 is 0 Å². The van der Waals surface area contributed by atoms with Crippen LogP contribution < -0.4 is 26.4 Å². The van der Waals surface area contributed by atoms with Crippen LogP contribution in [0, 0.1) is 0 Å². The van der Waals surface area contributed by atoms with Gasteiger partial charge in [0.2, 0.25) is 5.91 Å². The highest BCUT2D eigenvalue weighted by Crippen LogP contribution is 2.34. The van der Waals surface area contributed by atoms with Crippen molar-refractivity contribution in [3.05, 3.63) is 69.7 Å². The second-order valence-corrected chi connectivity index (χ2v) is 10.1. The van der Waals surface area contributed by atoms with Crippen molar-refractivity contribution in [3.8, 4) is 5.75 Å². The molecule has 0 saturated heterocycles. The molecule has 0 spiro atoms. The standard InChI is InChI=1S/C25H28ClN5O4S/c1-5-35-17-12-10-16(11-13-17)31(24(34)21-18(27)19(22(28)32)30-36-21)20(23(33)29-25(2,3)4)14-6-8-15(26)9-7-14/h6-13,20H,5,27H2,1-4H3,(H2,28,32)(H,29,33)/t20-/m0/s1. The normalized spacial score (nSPS) is 12.0. The molecular weight excluding hydrogens is 502 g/mol. The first-order valence-electron chi connectivity index (χ1n) is 11.1. The molecule has 1 atom stereocenters. The number of carbonyl (C=O) groups excluding carboxylic acids is 3. The van der Waals surface area contributed by atoms with Crippen molar-refractivity contribution in [1.82, 2.24) is 9.69 Å². The summed E-state index contributed by atoms with van der Waals surface area (Å²) in [4.78, 5) is 40.7. The molecule has 0 aliphatic rings. The monoisotopic (exact) mass is 529 g/mol. The number of nitrogen functional groups attached to an aromatic ring is 1. The average molecular weight is 530 g/mol. The van der Waals surface area contributed by atoms with Gasteiger partial charge in [0.25, 0.3) is 11.8 Å². The van der Waals surface area contributed by atoms with Crippen LogP contribution in [0.25, 0.3) is 0 Å². The zero-order valence-corrected chi connectivity index (χ0v) is 21.9. The van der Waals surface area contributed by atoms with E-state index in [9.17, 15) is 14.4 Å². The second kappa shape index (κ2) is 11.0. The van der Waals surface area contributed by atoms with Crippen LogP contribution in [0.15, 0.2) is 48.5 Å². The van der Waals surface area contributed by atoms with Crippen molar-refractivity contribution in [2.75, 3.05) is 17.2 Å². The molecule has 3 rings (SSSR count). The number of nitrogens with zero attached hydrogens (tertiary/aromatic N) is 2. The molecule has 0 aliphatic carbocycles. The number of ether oxygens (including phenoxy) is 1. The van der Waals surface area contributed by atoms with Gasteiger partial charge >= 0.3 is 0 Å². The van der Waals surface area contributed by atoms with E-state index in [1.165, 1.54) is 4.90 Å². The van der Waals surface area contributed by atoms with Crippen LogP contribution in [0.2, 0.25) is 5.02 Å². The lowest BCUT2D eigenvalue weighted by molar-refractivity contribution is -0.123. The van der Waals surface area contributed by atoms with E-state index < -0.39 is 29.3 Å². The number of rotatable bonds is 8. The highest BCUT2D eigenvalue weighted by Gasteiger charge is 2.37. The second-order valence-electron chi connectivity index (χ2n) is 8.93. The Kier molecular flexibility index (Phi) is 8.21. The first-order valence-corrected chi connectivity index (χ1v) is 12.3. The first kappa shape index (κ1) is 27.0. The molecule has 0 unspecified atom stereocenters. The van der Waals surface area contributed by atoms with Gasteiger partial charge in [-0.1, -0.05) is 23.7 Å². The molecule has 0 radical (unpaired) electrons. The minimum atomic E-state index is -1.11. The number of primary amides is 1. The molecule has 0 aliphatic heterocycles. The summed E-state index contributed by atoms with van der Waals surface area (Å²) in [6.45, 7) is 7.85. The summed E-state index contributed by atoms with van der Waals surface area (Å²) in [6.07, 6.45) is 0. The van der Waals surface area contributed by atoms with Gasteiger partial charge in [0.1, 0.15) is 16.7 Å². The van der Waals surface area contributed by atoms with Gasteiger partial charge in [-0.2, -0.15) is 4.37 Å². The van der Waals surface area contributed by atoms with E-state index in [1.807, 2.05) is 27.7 Å². The number of amides is 3. The largest absolute Gasteiger partial charge is 0.494 e. The summed E-state index contributed by atoms with van der Waals surface area (Å²) >= 11 is 6.84. The van der Waals surface area contributed by atoms with Gasteiger partial charge in [0.05, 0.1) is 12.3 Å². The molecule has 5 N–H and O–H groups in total. The summed E-state index contributed by atoms with van der Waals surface area (Å²) < 4.78 is 9.48. The fourth-order valence-corrected chi connectivity index (χ4v) is 4.36. The van der Waals surface area contributed by atoms with Crippen LogP contribution in [-0.2, 0) is 4.79 Å². The van der Waals surface area contributed by atoms with Gasteiger partial charge in [0, 0.05) is 16.2 Å². The van der Waals surface area contributed by atoms with Crippen LogP contribution in [-0.4, -0.2) is 34.2 Å². The summed E-state index contributed by atoms with van der Waals surface area (Å²) in [5, 5.41) is 3.43. The molecule has 1 heterocycles. The van der Waals surface area contributed by atoms with Crippen LogP contribution in [0.1, 0.15) is 59.5 Å². The predicted molar refractivity (Wildman–Crippen MR) is 142 cm³/mol. The van der Waals surface area contributed by atoms with E-state index in [1.54, 1.807) is 48.5 Å². The zero-order valence-electron chi connectivity index (χ0n) is 20.4. The average Bonchev–Trinajstić information content (AvgIpc) is 3.19. The molecule has 0 saturated carbocycles. The number of hydrogen-bond acceptors (Lipinski definition) is 7. The van der Waals surface area contributed by atoms with Crippen molar-refractivity contribution < 1.29 is 19.1 Å². The Morgan fingerprint density at radius 2 is 1.72 bits per heavy atom. The lowest BCUT2D eigenvalue weighted by Crippen LogP contribution is -2.49. The van der Waals surface area contributed by atoms with Crippen molar-refractivity contribution >= 4 is 52.2 Å². The SMILES string of the molecule is CCOc1ccc(N(C(=O)c2snc(C(N)=O)c2N)[C@H](C(=O)NC(C)(C)C)c2ccc(Cl)cc2)cc1. The van der Waals surface area contributed by atoms with E-state index in [-0.39, 0.29) is 16.3 Å². The molecule has 11 heteroatoms. The summed E-state index contributed by atoms with van der Waals surface area (Å²) in [7, 11) is 0. The minimum absolute atomic E-state index is 0.0137. The van der Waals surface area contributed by atoms with Crippen molar-refractivity contribution in [2.45, 2.75) is 39.3 Å². The minimum Gasteiger partial charge on any atom is -0.494 e. The maximum Gasteiger partial charge on any atom is 0.273 e. The van der Waals surface area contributed by atoms with E-state index in [0.717, 1.165) is 11.5 Å². The molecule has 0 bridgehead atoms. The maximum absolute atomic E-state index is 14.0. The Labute approximate surface area is 218 Å². The maximum atomic E-state index is 14.0. The van der Waals surface area contributed by atoms with Crippen molar-refractivity contribution in [3.63, 3.8) is 0 Å². The Morgan fingerprint density at radius 1 is 1.11 bits per heavy atom. The van der Waals surface area contributed by atoms with Crippen LogP contribution in [0.4, 0.5) is 11.4 Å². The lowest BCUT2D eigenvalue weighted by atomic mass is 10.0. The molecule has 2 aromatic carbocycles. The molecule has 36 heavy (non-hydrogen) atoms. The van der Waals surface area contributed by atoms with Crippen molar-refractivity contribution in [1.29, 1.82) is 0 Å². The Morgan fingerprint density at radius 3 is 2.22 bits per heavy atom. The third-order valence-corrected chi connectivity index (χ3v) is 6.09. The van der Waals surface area contributed by atoms with Gasteiger partial charge < -0.3 is 21.5 Å². The van der Waals surface area contributed by atoms with Gasteiger partial charge in [-0.25, -0.2) is 0 Å². The molecular formula is C25H28ClN5O4S. The number of aromatic nitrogens is 1. The fraction of sp³-hybridized carbons (Fsp3) is 0.280. The number of halogens is 1. The number of nitrogens with one attached hydrogen (secondary N) is 1. The Bertz CT molecular complexity index is 1250.